The molecule has 0 saturated carbocycles. The summed E-state index contributed by atoms with van der Waals surface area (Å²) in [5, 5.41) is 30.6. The van der Waals surface area contributed by atoms with Crippen LogP contribution in [0, 0.1) is 17.3 Å². The number of hydrogen-bond acceptors (Lipinski definition) is 6. The molecule has 9 nitrogen and oxygen atoms in total. The fourth-order valence-corrected chi connectivity index (χ4v) is 5.75. The lowest BCUT2D eigenvalue weighted by atomic mass is 9.70. The van der Waals surface area contributed by atoms with Crippen LogP contribution in [0.2, 0.25) is 0 Å². The van der Waals surface area contributed by atoms with Gasteiger partial charge in [0.2, 0.25) is 0 Å². The maximum absolute atomic E-state index is 14.6. The van der Waals surface area contributed by atoms with E-state index in [1.165, 1.54) is 21.7 Å². The van der Waals surface area contributed by atoms with Gasteiger partial charge < -0.3 is 15.7 Å². The first-order valence-corrected chi connectivity index (χ1v) is 14.0. The molecular formula is C32H28F4N6O3. The van der Waals surface area contributed by atoms with Crippen molar-refractivity contribution >= 4 is 17.6 Å². The van der Waals surface area contributed by atoms with E-state index in [1.54, 1.807) is 44.2 Å². The van der Waals surface area contributed by atoms with Crippen molar-refractivity contribution in [3.63, 3.8) is 0 Å². The largest absolute Gasteiger partial charge is 0.416 e. The van der Waals surface area contributed by atoms with Crippen LogP contribution in [0.4, 0.5) is 23.4 Å². The minimum atomic E-state index is -4.74. The third-order valence-electron chi connectivity index (χ3n) is 7.84. The van der Waals surface area contributed by atoms with Crippen LogP contribution in [0.3, 0.4) is 0 Å². The van der Waals surface area contributed by atoms with E-state index in [9.17, 15) is 37.5 Å². The topological polar surface area (TPSA) is 123 Å². The molecule has 5 rings (SSSR count). The van der Waals surface area contributed by atoms with Crippen LogP contribution in [0.5, 0.6) is 0 Å². The van der Waals surface area contributed by atoms with Crippen LogP contribution in [-0.2, 0) is 11.0 Å². The van der Waals surface area contributed by atoms with Crippen molar-refractivity contribution in [2.75, 3.05) is 18.1 Å². The Hall–Kier alpha value is -5.22. The Balaban J connectivity index is 1.80. The Morgan fingerprint density at radius 1 is 1.11 bits per heavy atom. The van der Waals surface area contributed by atoms with Crippen LogP contribution in [0.25, 0.3) is 5.69 Å². The minimum Gasteiger partial charge on any atom is -0.393 e. The Morgan fingerprint density at radius 2 is 1.80 bits per heavy atom. The molecule has 1 aromatic heterocycles. The monoisotopic (exact) mass is 620 g/mol. The van der Waals surface area contributed by atoms with E-state index in [0.717, 1.165) is 30.3 Å². The van der Waals surface area contributed by atoms with Crippen molar-refractivity contribution in [2.24, 2.45) is 0 Å². The first kappa shape index (κ1) is 31.2. The van der Waals surface area contributed by atoms with Gasteiger partial charge in [0.25, 0.3) is 11.8 Å². The minimum absolute atomic E-state index is 0.0428. The van der Waals surface area contributed by atoms with Gasteiger partial charge in [-0.05, 0) is 61.9 Å². The number of aliphatic hydroxyl groups is 1. The molecule has 0 radical (unpaired) electrons. The highest BCUT2D eigenvalue weighted by Crippen LogP contribution is 2.49. The number of benzene rings is 3. The summed E-state index contributed by atoms with van der Waals surface area (Å²) in [7, 11) is 0. The normalized spacial score (nSPS) is 18.6. The van der Waals surface area contributed by atoms with Crippen LogP contribution in [0.15, 0.2) is 78.9 Å². The van der Waals surface area contributed by atoms with Gasteiger partial charge >= 0.3 is 6.18 Å². The SMILES string of the molecule is CCN1C(=O)[C@@](CO)(NC(=O)c2cccc(C(F)(F)F)c2)[C@@H](c2ccc(F)cc2)c2c([C@@H](C)NC#N)nn(-c3ccccc3)c21. The number of aromatic nitrogens is 2. The highest BCUT2D eigenvalue weighted by atomic mass is 19.4. The van der Waals surface area contributed by atoms with Gasteiger partial charge in [0.05, 0.1) is 29.6 Å². The predicted molar refractivity (Wildman–Crippen MR) is 156 cm³/mol. The fraction of sp³-hybridized carbons (Fsp3) is 0.250. The first-order chi connectivity index (χ1) is 21.5. The third-order valence-corrected chi connectivity index (χ3v) is 7.84. The van der Waals surface area contributed by atoms with Gasteiger partial charge in [-0.3, -0.25) is 14.5 Å². The molecule has 2 heterocycles. The average Bonchev–Trinajstić information content (AvgIpc) is 3.42. The fourth-order valence-electron chi connectivity index (χ4n) is 5.75. The van der Waals surface area contributed by atoms with Crippen molar-refractivity contribution in [2.45, 2.75) is 37.5 Å². The molecule has 0 saturated heterocycles. The quantitative estimate of drug-likeness (QED) is 0.148. The molecule has 1 aliphatic rings. The number of aliphatic hydroxyl groups excluding tert-OH is 1. The van der Waals surface area contributed by atoms with Gasteiger partial charge in [-0.1, -0.05) is 36.4 Å². The number of halogens is 4. The Kier molecular flexibility index (Phi) is 8.36. The summed E-state index contributed by atoms with van der Waals surface area (Å²) in [5.41, 5.74) is -2.13. The van der Waals surface area contributed by atoms with Crippen molar-refractivity contribution in [3.8, 4) is 11.9 Å². The number of rotatable bonds is 8. The van der Waals surface area contributed by atoms with Crippen molar-refractivity contribution in [1.29, 1.82) is 5.26 Å². The first-order valence-electron chi connectivity index (χ1n) is 14.0. The number of nitriles is 1. The average molecular weight is 621 g/mol. The van der Waals surface area contributed by atoms with Gasteiger partial charge in [0.15, 0.2) is 11.7 Å². The zero-order valence-electron chi connectivity index (χ0n) is 24.1. The zero-order valence-corrected chi connectivity index (χ0v) is 24.1. The van der Waals surface area contributed by atoms with Crippen LogP contribution in [-0.4, -0.2) is 45.4 Å². The summed E-state index contributed by atoms with van der Waals surface area (Å²) in [6.07, 6.45) is -2.85. The number of fused-ring (bicyclic) bond motifs is 1. The van der Waals surface area contributed by atoms with Crippen LogP contribution in [0.1, 0.15) is 58.5 Å². The second kappa shape index (κ2) is 12.0. The number of hydrogen-bond donors (Lipinski definition) is 3. The molecule has 0 aliphatic carbocycles. The van der Waals surface area contributed by atoms with E-state index >= 15 is 0 Å². The summed E-state index contributed by atoms with van der Waals surface area (Å²) in [6.45, 7) is 2.40. The van der Waals surface area contributed by atoms with Crippen LogP contribution < -0.4 is 15.5 Å². The van der Waals surface area contributed by atoms with Gasteiger partial charge in [-0.25, -0.2) is 9.07 Å². The third kappa shape index (κ3) is 5.49. The van der Waals surface area contributed by atoms with E-state index in [1.807, 2.05) is 6.19 Å². The molecule has 3 N–H and O–H groups in total. The molecular weight excluding hydrogens is 592 g/mol. The number of nitrogens with one attached hydrogen (secondary N) is 2. The lowest BCUT2D eigenvalue weighted by Crippen LogP contribution is -2.68. The van der Waals surface area contributed by atoms with Gasteiger partial charge in [0.1, 0.15) is 11.6 Å². The summed E-state index contributed by atoms with van der Waals surface area (Å²) in [5.74, 6) is -3.33. The second-order valence-corrected chi connectivity index (χ2v) is 10.5. The molecule has 4 aromatic rings. The highest BCUT2D eigenvalue weighted by molar-refractivity contribution is 6.08. The van der Waals surface area contributed by atoms with Crippen molar-refractivity contribution in [3.05, 3.63) is 113 Å². The second-order valence-electron chi connectivity index (χ2n) is 10.5. The molecule has 13 heteroatoms. The van der Waals surface area contributed by atoms with E-state index in [4.69, 9.17) is 5.10 Å². The smallest absolute Gasteiger partial charge is 0.393 e. The number of anilines is 1. The maximum atomic E-state index is 14.6. The zero-order chi connectivity index (χ0) is 32.5. The summed E-state index contributed by atoms with van der Waals surface area (Å²) >= 11 is 0. The van der Waals surface area contributed by atoms with E-state index in [0.29, 0.717) is 34.4 Å². The van der Waals surface area contributed by atoms with E-state index in [-0.39, 0.29) is 6.54 Å². The van der Waals surface area contributed by atoms with E-state index in [2.05, 4.69) is 10.6 Å². The molecule has 0 spiro atoms. The van der Waals surface area contributed by atoms with Crippen molar-refractivity contribution < 1.29 is 32.3 Å². The molecule has 3 atom stereocenters. The number of amides is 2. The Labute approximate surface area is 255 Å². The maximum Gasteiger partial charge on any atom is 0.416 e. The lowest BCUT2D eigenvalue weighted by molar-refractivity contribution is -0.137. The van der Waals surface area contributed by atoms with E-state index < -0.39 is 59.0 Å². The molecule has 2 amide bonds. The number of carbonyl (C=O) groups is 2. The molecule has 0 bridgehead atoms. The number of para-hydroxylation sites is 1. The lowest BCUT2D eigenvalue weighted by Gasteiger charge is -2.46. The standard InChI is InChI=1S/C32H28F4N6O3/c1-3-41-29-25(27(19(2)38-18-37)40-42(29)24-10-5-4-6-11-24)26(20-12-14-23(33)15-13-20)31(17-43,30(41)45)39-28(44)21-8-7-9-22(16-21)32(34,35)36/h4-16,19,26,38,43H,3,17H2,1-2H3,(H,39,44)/t19-,26+,31+/m1/s1. The molecule has 0 fully saturated rings. The number of likely N-dealkylation sites (N-methyl/N-ethyl adjacent to an activating group) is 1. The van der Waals surface area contributed by atoms with Gasteiger partial charge in [-0.15, -0.1) is 0 Å². The summed E-state index contributed by atoms with van der Waals surface area (Å²) in [4.78, 5) is 29.6. The molecule has 1 aliphatic heterocycles. The number of carbonyl (C=O) groups excluding carboxylic acids is 2. The number of alkyl halides is 3. The molecule has 0 unspecified atom stereocenters. The molecule has 232 valence electrons. The summed E-state index contributed by atoms with van der Waals surface area (Å²) in [6, 6.07) is 16.9. The van der Waals surface area contributed by atoms with Gasteiger partial charge in [0, 0.05) is 23.6 Å². The van der Waals surface area contributed by atoms with Gasteiger partial charge in [-0.2, -0.15) is 23.5 Å². The summed E-state index contributed by atoms with van der Waals surface area (Å²) < 4.78 is 56.2. The Bertz CT molecular complexity index is 1770. The Morgan fingerprint density at radius 3 is 2.40 bits per heavy atom. The number of nitrogens with zero attached hydrogens (tertiary/aromatic N) is 4. The van der Waals surface area contributed by atoms with Crippen molar-refractivity contribution in [1.82, 2.24) is 20.4 Å². The van der Waals surface area contributed by atoms with Crippen LogP contribution >= 0.6 is 0 Å². The molecule has 45 heavy (non-hydrogen) atoms. The highest BCUT2D eigenvalue weighted by Gasteiger charge is 2.57. The molecule has 3 aromatic carbocycles. The predicted octanol–water partition coefficient (Wildman–Crippen LogP) is 4.82.